The first-order valence-electron chi connectivity index (χ1n) is 7.70. The van der Waals surface area contributed by atoms with Gasteiger partial charge >= 0.3 is 0 Å². The van der Waals surface area contributed by atoms with E-state index in [1.807, 2.05) is 25.1 Å². The molecular formula is C16H21N3O4. The number of rotatable bonds is 6. The zero-order chi connectivity index (χ0) is 16.1. The first-order valence-corrected chi connectivity index (χ1v) is 7.70. The van der Waals surface area contributed by atoms with E-state index >= 15 is 0 Å². The molecule has 0 spiro atoms. The molecule has 1 amide bonds. The number of nitrogens with one attached hydrogen (secondary N) is 2. The van der Waals surface area contributed by atoms with Gasteiger partial charge in [0.1, 0.15) is 19.0 Å². The molecule has 7 nitrogen and oxygen atoms in total. The third kappa shape index (κ3) is 4.51. The van der Waals surface area contributed by atoms with Crippen LogP contribution in [0.2, 0.25) is 0 Å². The molecule has 7 heteroatoms. The van der Waals surface area contributed by atoms with Gasteiger partial charge in [-0.05, 0) is 24.6 Å². The fourth-order valence-electron chi connectivity index (χ4n) is 2.42. The lowest BCUT2D eigenvalue weighted by atomic mass is 10.2. The topological polar surface area (TPSA) is 85.5 Å². The second-order valence-electron chi connectivity index (χ2n) is 5.57. The Balaban J connectivity index is 1.40. The van der Waals surface area contributed by atoms with E-state index in [-0.39, 0.29) is 25.2 Å². The fraction of sp³-hybridized carbons (Fsp3) is 0.500. The minimum atomic E-state index is -0.175. The van der Waals surface area contributed by atoms with Crippen molar-refractivity contribution in [2.24, 2.45) is 0 Å². The van der Waals surface area contributed by atoms with Crippen LogP contribution in [0.25, 0.3) is 11.0 Å². The normalized spacial score (nSPS) is 18.2. The van der Waals surface area contributed by atoms with Crippen LogP contribution in [0.4, 0.5) is 0 Å². The van der Waals surface area contributed by atoms with Crippen molar-refractivity contribution >= 4 is 16.9 Å². The predicted molar refractivity (Wildman–Crippen MR) is 84.1 cm³/mol. The molecule has 1 aliphatic heterocycles. The molecule has 1 aromatic carbocycles. The Kier molecular flexibility index (Phi) is 5.22. The summed E-state index contributed by atoms with van der Waals surface area (Å²) < 4.78 is 16.1. The molecule has 0 bridgehead atoms. The highest BCUT2D eigenvalue weighted by Gasteiger charge is 2.15. The van der Waals surface area contributed by atoms with Crippen LogP contribution >= 0.6 is 0 Å². The molecule has 1 aliphatic rings. The molecule has 0 aliphatic carbocycles. The molecule has 2 N–H and O–H groups in total. The number of hydrogen-bond donors (Lipinski definition) is 2. The lowest BCUT2D eigenvalue weighted by Crippen LogP contribution is -2.40. The summed E-state index contributed by atoms with van der Waals surface area (Å²) in [5, 5.41) is 2.77. The second-order valence-corrected chi connectivity index (χ2v) is 5.57. The first-order chi connectivity index (χ1) is 11.2. The Bertz CT molecular complexity index is 664. The highest BCUT2D eigenvalue weighted by atomic mass is 16.6. The summed E-state index contributed by atoms with van der Waals surface area (Å²) in [6.07, 6.45) is -0.0775. The van der Waals surface area contributed by atoms with Gasteiger partial charge < -0.3 is 24.5 Å². The van der Waals surface area contributed by atoms with Gasteiger partial charge in [0, 0.05) is 6.54 Å². The zero-order valence-corrected chi connectivity index (χ0v) is 13.1. The van der Waals surface area contributed by atoms with E-state index in [0.29, 0.717) is 32.2 Å². The van der Waals surface area contributed by atoms with Crippen LogP contribution in [-0.4, -0.2) is 55.0 Å². The van der Waals surface area contributed by atoms with E-state index in [0.717, 1.165) is 11.0 Å². The SMILES string of the molecule is Cc1ccc2nc(COCC(=O)NCC3COCCO3)[nH]c2c1. The van der Waals surface area contributed by atoms with E-state index in [1.54, 1.807) is 0 Å². The Hall–Kier alpha value is -1.96. The Morgan fingerprint density at radius 2 is 2.39 bits per heavy atom. The summed E-state index contributed by atoms with van der Waals surface area (Å²) in [6, 6.07) is 6.01. The summed E-state index contributed by atoms with van der Waals surface area (Å²) in [6.45, 7) is 4.43. The maximum atomic E-state index is 11.7. The average molecular weight is 319 g/mol. The van der Waals surface area contributed by atoms with Gasteiger partial charge in [-0.15, -0.1) is 0 Å². The maximum absolute atomic E-state index is 11.7. The van der Waals surface area contributed by atoms with Gasteiger partial charge in [-0.1, -0.05) is 6.07 Å². The third-order valence-corrected chi connectivity index (χ3v) is 3.57. The largest absolute Gasteiger partial charge is 0.376 e. The fourth-order valence-corrected chi connectivity index (χ4v) is 2.42. The Morgan fingerprint density at radius 3 is 3.22 bits per heavy atom. The summed E-state index contributed by atoms with van der Waals surface area (Å²) in [7, 11) is 0. The summed E-state index contributed by atoms with van der Waals surface area (Å²) in [5.74, 6) is 0.536. The van der Waals surface area contributed by atoms with E-state index in [4.69, 9.17) is 14.2 Å². The smallest absolute Gasteiger partial charge is 0.246 e. The van der Waals surface area contributed by atoms with Crippen LogP contribution in [-0.2, 0) is 25.6 Å². The number of nitrogens with zero attached hydrogens (tertiary/aromatic N) is 1. The van der Waals surface area contributed by atoms with Crippen LogP contribution in [0.15, 0.2) is 18.2 Å². The minimum absolute atomic E-state index is 0.0103. The number of amides is 1. The number of H-pyrrole nitrogens is 1. The van der Waals surface area contributed by atoms with Crippen molar-refractivity contribution < 1.29 is 19.0 Å². The van der Waals surface area contributed by atoms with Crippen molar-refractivity contribution in [1.29, 1.82) is 0 Å². The lowest BCUT2D eigenvalue weighted by molar-refractivity contribution is -0.128. The molecule has 124 valence electrons. The number of benzene rings is 1. The van der Waals surface area contributed by atoms with Crippen molar-refractivity contribution in [3.05, 3.63) is 29.6 Å². The molecule has 1 fully saturated rings. The monoisotopic (exact) mass is 319 g/mol. The predicted octanol–water partition coefficient (Wildman–Crippen LogP) is 0.920. The number of hydrogen-bond acceptors (Lipinski definition) is 5. The van der Waals surface area contributed by atoms with Gasteiger partial charge in [0.05, 0.1) is 37.0 Å². The van der Waals surface area contributed by atoms with Crippen molar-refractivity contribution in [3.63, 3.8) is 0 Å². The Labute approximate surface area is 134 Å². The number of ether oxygens (including phenoxy) is 3. The van der Waals surface area contributed by atoms with E-state index < -0.39 is 0 Å². The molecular weight excluding hydrogens is 298 g/mol. The number of fused-ring (bicyclic) bond motifs is 1. The van der Waals surface area contributed by atoms with Crippen molar-refractivity contribution in [1.82, 2.24) is 15.3 Å². The highest BCUT2D eigenvalue weighted by Crippen LogP contribution is 2.13. The molecule has 1 aromatic heterocycles. The zero-order valence-electron chi connectivity index (χ0n) is 13.1. The van der Waals surface area contributed by atoms with Crippen LogP contribution < -0.4 is 5.32 Å². The number of carbonyl (C=O) groups excluding carboxylic acids is 1. The first kappa shape index (κ1) is 15.9. The Morgan fingerprint density at radius 1 is 1.48 bits per heavy atom. The average Bonchev–Trinajstić information content (AvgIpc) is 2.95. The van der Waals surface area contributed by atoms with Crippen LogP contribution in [0, 0.1) is 6.92 Å². The van der Waals surface area contributed by atoms with Gasteiger partial charge in [0.15, 0.2) is 0 Å². The van der Waals surface area contributed by atoms with E-state index in [1.165, 1.54) is 5.56 Å². The van der Waals surface area contributed by atoms with E-state index in [2.05, 4.69) is 15.3 Å². The van der Waals surface area contributed by atoms with Gasteiger partial charge in [0.25, 0.3) is 0 Å². The van der Waals surface area contributed by atoms with Crippen molar-refractivity contribution in [2.45, 2.75) is 19.6 Å². The summed E-state index contributed by atoms with van der Waals surface area (Å²) in [4.78, 5) is 19.3. The van der Waals surface area contributed by atoms with E-state index in [9.17, 15) is 4.79 Å². The molecule has 1 unspecified atom stereocenters. The van der Waals surface area contributed by atoms with Gasteiger partial charge in [-0.2, -0.15) is 0 Å². The number of aromatic nitrogens is 2. The summed E-state index contributed by atoms with van der Waals surface area (Å²) >= 11 is 0. The molecule has 1 atom stereocenters. The summed E-state index contributed by atoms with van der Waals surface area (Å²) in [5.41, 5.74) is 3.04. The van der Waals surface area contributed by atoms with Gasteiger partial charge in [-0.3, -0.25) is 4.79 Å². The standard InChI is InChI=1S/C16H21N3O4/c1-11-2-3-13-14(6-11)19-15(18-13)9-22-10-16(20)17-7-12-8-21-4-5-23-12/h2-3,6,12H,4-5,7-10H2,1H3,(H,17,20)(H,18,19). The van der Waals surface area contributed by atoms with Crippen molar-refractivity contribution in [2.75, 3.05) is 33.0 Å². The molecule has 2 aromatic rings. The van der Waals surface area contributed by atoms with Crippen LogP contribution in [0.1, 0.15) is 11.4 Å². The molecule has 0 saturated carbocycles. The van der Waals surface area contributed by atoms with Crippen LogP contribution in [0.5, 0.6) is 0 Å². The molecule has 0 radical (unpaired) electrons. The number of imidazole rings is 1. The maximum Gasteiger partial charge on any atom is 0.246 e. The molecule has 3 rings (SSSR count). The molecule has 1 saturated heterocycles. The lowest BCUT2D eigenvalue weighted by Gasteiger charge is -2.22. The number of aryl methyl sites for hydroxylation is 1. The van der Waals surface area contributed by atoms with Gasteiger partial charge in [0.2, 0.25) is 5.91 Å². The van der Waals surface area contributed by atoms with Crippen molar-refractivity contribution in [3.8, 4) is 0 Å². The number of aromatic amines is 1. The highest BCUT2D eigenvalue weighted by molar-refractivity contribution is 5.77. The second kappa shape index (κ2) is 7.54. The number of carbonyl (C=O) groups is 1. The molecule has 23 heavy (non-hydrogen) atoms. The van der Waals surface area contributed by atoms with Crippen LogP contribution in [0.3, 0.4) is 0 Å². The molecule has 2 heterocycles. The quantitative estimate of drug-likeness (QED) is 0.827. The minimum Gasteiger partial charge on any atom is -0.376 e. The third-order valence-electron chi connectivity index (χ3n) is 3.57. The van der Waals surface area contributed by atoms with Gasteiger partial charge in [-0.25, -0.2) is 4.98 Å².